The van der Waals surface area contributed by atoms with Crippen LogP contribution in [-0.4, -0.2) is 111 Å². The lowest BCUT2D eigenvalue weighted by Gasteiger charge is -2.47. The summed E-state index contributed by atoms with van der Waals surface area (Å²) in [5, 5.41) is 53.5. The molecule has 2 fully saturated rings. The van der Waals surface area contributed by atoms with E-state index in [2.05, 4.69) is 5.32 Å². The lowest BCUT2D eigenvalue weighted by molar-refractivity contribution is -0.332. The van der Waals surface area contributed by atoms with Gasteiger partial charge in [-0.25, -0.2) is 4.79 Å². The van der Waals surface area contributed by atoms with Gasteiger partial charge in [-0.2, -0.15) is 0 Å². The average molecular weight is 465 g/mol. The van der Waals surface area contributed by atoms with E-state index in [-0.39, 0.29) is 6.10 Å². The molecule has 0 aromatic rings. The first-order valence-corrected chi connectivity index (χ1v) is 10.8. The summed E-state index contributed by atoms with van der Waals surface area (Å²) in [4.78, 5) is 23.4. The SMILES string of the molecule is CCC[C@@H](C)O[C@@H]1C(C(=O)O)O[C@@H](OC2[C@H](O)C(CO)OC(C)[C@H]2NC(C)=O)[C@@H](O)C1O. The van der Waals surface area contributed by atoms with Crippen molar-refractivity contribution in [1.29, 1.82) is 0 Å². The molecule has 2 aliphatic heterocycles. The molecule has 6 N–H and O–H groups in total. The third-order valence-corrected chi connectivity index (χ3v) is 5.68. The first-order chi connectivity index (χ1) is 15.0. The second kappa shape index (κ2) is 11.7. The Morgan fingerprint density at radius 1 is 1.09 bits per heavy atom. The fourth-order valence-electron chi connectivity index (χ4n) is 4.08. The van der Waals surface area contributed by atoms with Crippen molar-refractivity contribution in [3.63, 3.8) is 0 Å². The normalized spacial score (nSPS) is 41.1. The smallest absolute Gasteiger partial charge is 0.335 e. The summed E-state index contributed by atoms with van der Waals surface area (Å²) in [6, 6.07) is -0.903. The Morgan fingerprint density at radius 3 is 2.28 bits per heavy atom. The van der Waals surface area contributed by atoms with E-state index in [4.69, 9.17) is 18.9 Å². The zero-order chi connectivity index (χ0) is 24.2. The van der Waals surface area contributed by atoms with Gasteiger partial charge in [-0.1, -0.05) is 13.3 Å². The lowest BCUT2D eigenvalue weighted by Crippen LogP contribution is -2.67. The Bertz CT molecular complexity index is 635. The van der Waals surface area contributed by atoms with E-state index in [1.54, 1.807) is 13.8 Å². The molecular weight excluding hydrogens is 430 g/mol. The summed E-state index contributed by atoms with van der Waals surface area (Å²) < 4.78 is 22.3. The molecule has 0 aromatic heterocycles. The first kappa shape index (κ1) is 26.9. The number of aliphatic hydroxyl groups excluding tert-OH is 4. The van der Waals surface area contributed by atoms with Crippen molar-refractivity contribution in [2.45, 2.75) is 108 Å². The van der Waals surface area contributed by atoms with Gasteiger partial charge in [0.15, 0.2) is 12.4 Å². The van der Waals surface area contributed by atoms with Gasteiger partial charge in [0.05, 0.1) is 24.9 Å². The van der Waals surface area contributed by atoms with Crippen LogP contribution < -0.4 is 5.32 Å². The maximum absolute atomic E-state index is 11.8. The van der Waals surface area contributed by atoms with Crippen molar-refractivity contribution in [3.8, 4) is 0 Å². The first-order valence-electron chi connectivity index (χ1n) is 10.8. The van der Waals surface area contributed by atoms with Crippen LogP contribution in [0.1, 0.15) is 40.5 Å². The molecule has 0 spiro atoms. The predicted octanol–water partition coefficient (Wildman–Crippen LogP) is -1.88. The van der Waals surface area contributed by atoms with E-state index in [1.807, 2.05) is 6.92 Å². The summed E-state index contributed by atoms with van der Waals surface area (Å²) in [5.41, 5.74) is 0. The molecule has 12 heteroatoms. The van der Waals surface area contributed by atoms with Crippen LogP contribution in [0.4, 0.5) is 0 Å². The molecule has 0 bridgehead atoms. The number of hydrogen-bond donors (Lipinski definition) is 6. The fraction of sp³-hybridized carbons (Fsp3) is 0.900. The number of carboxylic acids is 1. The second-order valence-electron chi connectivity index (χ2n) is 8.32. The Balaban J connectivity index is 2.25. The molecule has 12 nitrogen and oxygen atoms in total. The molecule has 2 saturated heterocycles. The van der Waals surface area contributed by atoms with Crippen LogP contribution in [0.5, 0.6) is 0 Å². The minimum atomic E-state index is -1.71. The zero-order valence-electron chi connectivity index (χ0n) is 18.7. The number of hydrogen-bond acceptors (Lipinski definition) is 10. The van der Waals surface area contributed by atoms with Crippen LogP contribution in [0.15, 0.2) is 0 Å². The minimum Gasteiger partial charge on any atom is -0.479 e. The van der Waals surface area contributed by atoms with Crippen LogP contribution in [-0.2, 0) is 28.5 Å². The van der Waals surface area contributed by atoms with Gasteiger partial charge >= 0.3 is 5.97 Å². The van der Waals surface area contributed by atoms with Crippen LogP contribution in [0, 0.1) is 0 Å². The van der Waals surface area contributed by atoms with Crippen molar-refractivity contribution in [3.05, 3.63) is 0 Å². The Kier molecular flexibility index (Phi) is 9.79. The predicted molar refractivity (Wildman–Crippen MR) is 107 cm³/mol. The van der Waals surface area contributed by atoms with Crippen molar-refractivity contribution < 1.29 is 54.1 Å². The molecule has 32 heavy (non-hydrogen) atoms. The molecular formula is C20H35NO11. The summed E-state index contributed by atoms with van der Waals surface area (Å²) in [5.74, 6) is -1.87. The number of carbonyl (C=O) groups is 2. The molecule has 1 amide bonds. The summed E-state index contributed by atoms with van der Waals surface area (Å²) in [6.07, 6.45) is -11.5. The van der Waals surface area contributed by atoms with E-state index in [0.29, 0.717) is 6.42 Å². The molecule has 2 rings (SSSR count). The van der Waals surface area contributed by atoms with Crippen molar-refractivity contribution in [2.75, 3.05) is 6.61 Å². The van der Waals surface area contributed by atoms with Gasteiger partial charge in [-0.3, -0.25) is 4.79 Å². The maximum atomic E-state index is 11.8. The topological polar surface area (TPSA) is 184 Å². The highest BCUT2D eigenvalue weighted by Crippen LogP contribution is 2.31. The van der Waals surface area contributed by atoms with E-state index < -0.39 is 79.6 Å². The molecule has 0 radical (unpaired) electrons. The van der Waals surface area contributed by atoms with Crippen LogP contribution >= 0.6 is 0 Å². The van der Waals surface area contributed by atoms with Gasteiger partial charge in [-0.15, -0.1) is 0 Å². The summed E-state index contributed by atoms with van der Waals surface area (Å²) in [7, 11) is 0. The minimum absolute atomic E-state index is 0.387. The molecule has 0 aromatic carbocycles. The van der Waals surface area contributed by atoms with Crippen molar-refractivity contribution in [1.82, 2.24) is 5.32 Å². The van der Waals surface area contributed by atoms with E-state index in [0.717, 1.165) is 6.42 Å². The molecule has 0 saturated carbocycles. The van der Waals surface area contributed by atoms with Gasteiger partial charge < -0.3 is 49.8 Å². The van der Waals surface area contributed by atoms with Crippen LogP contribution in [0.25, 0.3) is 0 Å². The summed E-state index contributed by atoms with van der Waals surface area (Å²) in [6.45, 7) is 5.95. The lowest BCUT2D eigenvalue weighted by atomic mass is 9.92. The standard InChI is InChI=1S/C20H35NO11/c1-5-6-8(2)29-17-14(25)15(26)20(32-18(17)19(27)28)31-16-12(21-10(4)23)9(3)30-11(7-22)13(16)24/h8-9,11-18,20,22,24-26H,5-7H2,1-4H3,(H,21,23)(H,27,28)/t8-,9?,11?,12-,13-,14?,15+,16?,17+,18?,20-/m1/s1. The zero-order valence-corrected chi connectivity index (χ0v) is 18.7. The number of amides is 1. The highest BCUT2D eigenvalue weighted by atomic mass is 16.7. The number of carbonyl (C=O) groups excluding carboxylic acids is 1. The molecule has 5 unspecified atom stereocenters. The van der Waals surface area contributed by atoms with Crippen LogP contribution in [0.2, 0.25) is 0 Å². The number of nitrogens with one attached hydrogen (secondary N) is 1. The number of aliphatic carboxylic acids is 1. The van der Waals surface area contributed by atoms with Crippen molar-refractivity contribution in [2.24, 2.45) is 0 Å². The Morgan fingerprint density at radius 2 is 1.75 bits per heavy atom. The number of rotatable bonds is 9. The second-order valence-corrected chi connectivity index (χ2v) is 8.32. The molecule has 2 heterocycles. The highest BCUT2D eigenvalue weighted by molar-refractivity contribution is 5.74. The third kappa shape index (κ3) is 6.14. The van der Waals surface area contributed by atoms with E-state index in [1.165, 1.54) is 6.92 Å². The average Bonchev–Trinajstić information content (AvgIpc) is 2.71. The van der Waals surface area contributed by atoms with Crippen LogP contribution in [0.3, 0.4) is 0 Å². The maximum Gasteiger partial charge on any atom is 0.335 e. The van der Waals surface area contributed by atoms with Gasteiger partial charge in [0.1, 0.15) is 36.6 Å². The third-order valence-electron chi connectivity index (χ3n) is 5.68. The van der Waals surface area contributed by atoms with Gasteiger partial charge in [-0.05, 0) is 20.3 Å². The number of carboxylic acid groups (broad SMARTS) is 1. The monoisotopic (exact) mass is 465 g/mol. The fourth-order valence-corrected chi connectivity index (χ4v) is 4.08. The number of aliphatic hydroxyl groups is 4. The Labute approximate surface area is 186 Å². The largest absolute Gasteiger partial charge is 0.479 e. The molecule has 2 aliphatic rings. The molecule has 11 atom stereocenters. The Hall–Kier alpha value is -1.38. The van der Waals surface area contributed by atoms with E-state index in [9.17, 15) is 35.1 Å². The van der Waals surface area contributed by atoms with Gasteiger partial charge in [0, 0.05) is 6.92 Å². The van der Waals surface area contributed by atoms with Gasteiger partial charge in [0.2, 0.25) is 5.91 Å². The van der Waals surface area contributed by atoms with Crippen molar-refractivity contribution >= 4 is 11.9 Å². The quantitative estimate of drug-likeness (QED) is 0.224. The molecule has 0 aliphatic carbocycles. The number of ether oxygens (including phenoxy) is 4. The highest BCUT2D eigenvalue weighted by Gasteiger charge is 2.53. The van der Waals surface area contributed by atoms with E-state index >= 15 is 0 Å². The summed E-state index contributed by atoms with van der Waals surface area (Å²) >= 11 is 0. The molecule has 186 valence electrons. The van der Waals surface area contributed by atoms with Gasteiger partial charge in [0.25, 0.3) is 0 Å².